The lowest BCUT2D eigenvalue weighted by Crippen LogP contribution is -2.32. The minimum Gasteiger partial charge on any atom is -0.481 e. The van der Waals surface area contributed by atoms with Crippen LogP contribution in [-0.2, 0) is 14.4 Å². The fraction of sp³-hybridized carbons (Fsp3) is 0.850. The fourth-order valence-electron chi connectivity index (χ4n) is 7.80. The summed E-state index contributed by atoms with van der Waals surface area (Å²) in [4.78, 5) is 32.8. The van der Waals surface area contributed by atoms with Gasteiger partial charge in [0.15, 0.2) is 0 Å². The molecule has 0 spiro atoms. The van der Waals surface area contributed by atoms with E-state index in [0.29, 0.717) is 38.9 Å². The zero-order valence-corrected chi connectivity index (χ0v) is 46.3. The molecule has 0 saturated heterocycles. The van der Waals surface area contributed by atoms with E-state index in [1.54, 1.807) is 4.90 Å². The van der Waals surface area contributed by atoms with E-state index in [9.17, 15) is 14.4 Å². The third-order valence-corrected chi connectivity index (χ3v) is 12.2. The summed E-state index contributed by atoms with van der Waals surface area (Å²) in [5, 5.41) is 51.0. The van der Waals surface area contributed by atoms with E-state index in [2.05, 4.69) is 57.2 Å². The number of aliphatic hydroxyl groups excluding tert-OH is 3. The number of aliphatic carboxylic acids is 3. The lowest BCUT2D eigenvalue weighted by Gasteiger charge is -2.17. The van der Waals surface area contributed by atoms with Gasteiger partial charge in [-0.2, -0.15) is 0 Å². The maximum absolute atomic E-state index is 10.3. The van der Waals surface area contributed by atoms with Gasteiger partial charge >= 0.3 is 17.9 Å². The van der Waals surface area contributed by atoms with Crippen LogP contribution in [0.2, 0.25) is 0 Å². The van der Waals surface area contributed by atoms with Crippen LogP contribution in [-0.4, -0.2) is 92.9 Å². The van der Waals surface area contributed by atoms with Crippen molar-refractivity contribution in [3.05, 3.63) is 36.5 Å². The van der Waals surface area contributed by atoms with Gasteiger partial charge in [0.2, 0.25) is 0 Å². The van der Waals surface area contributed by atoms with Gasteiger partial charge in [0, 0.05) is 38.9 Å². The van der Waals surface area contributed by atoms with Crippen molar-refractivity contribution in [3.8, 4) is 0 Å². The number of hydrogen-bond donors (Lipinski definition) is 6. The van der Waals surface area contributed by atoms with Crippen LogP contribution in [0.5, 0.6) is 0 Å². The van der Waals surface area contributed by atoms with E-state index in [1.807, 2.05) is 0 Å². The molecule has 0 aromatic carbocycles. The molecule has 0 saturated carbocycles. The second-order valence-corrected chi connectivity index (χ2v) is 19.2. The van der Waals surface area contributed by atoms with Crippen molar-refractivity contribution in [1.29, 1.82) is 0 Å². The van der Waals surface area contributed by atoms with Crippen molar-refractivity contribution < 1.29 is 45.0 Å². The Kier molecular flexibility index (Phi) is 74.8. The largest absolute Gasteiger partial charge is 0.481 e. The quantitative estimate of drug-likeness (QED) is 0.0254. The molecular weight excluding hydrogens is 879 g/mol. The van der Waals surface area contributed by atoms with Gasteiger partial charge in [-0.1, -0.05) is 211 Å². The van der Waals surface area contributed by atoms with Crippen molar-refractivity contribution in [2.75, 3.05) is 39.5 Å². The molecule has 0 bridgehead atoms. The van der Waals surface area contributed by atoms with Gasteiger partial charge in [-0.05, 0) is 96.3 Å². The topological polar surface area (TPSA) is 176 Å². The van der Waals surface area contributed by atoms with Gasteiger partial charge in [0.1, 0.15) is 0 Å². The van der Waals surface area contributed by atoms with Crippen LogP contribution in [0.15, 0.2) is 36.5 Å². The number of carboxylic acid groups (broad SMARTS) is 3. The molecule has 0 atom stereocenters. The number of carbonyl (C=O) groups is 3. The first-order valence-electron chi connectivity index (χ1n) is 29.3. The molecule has 0 rings (SSSR count). The second-order valence-electron chi connectivity index (χ2n) is 19.2. The summed E-state index contributed by atoms with van der Waals surface area (Å²) >= 11 is 0. The average Bonchev–Trinajstić information content (AvgIpc) is 3.33. The van der Waals surface area contributed by atoms with Gasteiger partial charge in [-0.15, -0.1) is 0 Å². The molecule has 70 heavy (non-hydrogen) atoms. The first-order chi connectivity index (χ1) is 34.2. The van der Waals surface area contributed by atoms with Crippen LogP contribution in [0, 0.1) is 0 Å². The molecule has 0 aliphatic rings. The zero-order chi connectivity index (χ0) is 52.5. The Labute approximate surface area is 432 Å². The van der Waals surface area contributed by atoms with E-state index in [4.69, 9.17) is 30.6 Å². The first-order valence-corrected chi connectivity index (χ1v) is 29.3. The van der Waals surface area contributed by atoms with Gasteiger partial charge in [0.05, 0.1) is 19.8 Å². The lowest BCUT2D eigenvalue weighted by atomic mass is 10.1. The monoisotopic (exact) mass is 996 g/mol. The molecule has 0 fully saturated rings. The number of carboxylic acids is 3. The molecule has 0 aliphatic carbocycles. The standard InChI is InChI=1S/3C18H34O2.C6H15NO3/c3*1-2-3-4-5-6-7-8-9-10-11-12-13-14-15-16-17-18(19)20;8-4-1-7(2-5-9)3-6-10/h3*9-10H,2-8,11-17H2,1H3,(H,19,20);8-10H,1-6H2/b3*10-9-;. The Morgan fingerprint density at radius 3 is 0.629 bits per heavy atom. The van der Waals surface area contributed by atoms with E-state index in [0.717, 1.165) is 38.5 Å². The fourth-order valence-corrected chi connectivity index (χ4v) is 7.80. The Hall–Kier alpha value is -2.53. The lowest BCUT2D eigenvalue weighted by molar-refractivity contribution is -0.138. The number of nitrogens with zero attached hydrogens (tertiary/aromatic N) is 1. The molecular formula is C60H117NO9. The van der Waals surface area contributed by atoms with Crippen molar-refractivity contribution in [2.45, 2.75) is 290 Å². The van der Waals surface area contributed by atoms with Crippen LogP contribution >= 0.6 is 0 Å². The Balaban J connectivity index is -0.000000426. The molecule has 0 unspecified atom stereocenters. The minimum atomic E-state index is -0.664. The van der Waals surface area contributed by atoms with Crippen molar-refractivity contribution in [1.82, 2.24) is 4.90 Å². The zero-order valence-electron chi connectivity index (χ0n) is 46.3. The summed E-state index contributed by atoms with van der Waals surface area (Å²) in [6.45, 7) is 8.53. The number of hydrogen-bond acceptors (Lipinski definition) is 7. The van der Waals surface area contributed by atoms with E-state index in [-0.39, 0.29) is 19.8 Å². The predicted molar refractivity (Wildman–Crippen MR) is 299 cm³/mol. The maximum atomic E-state index is 10.3. The summed E-state index contributed by atoms with van der Waals surface area (Å²) in [5.41, 5.74) is 0. The van der Waals surface area contributed by atoms with Crippen LogP contribution < -0.4 is 0 Å². The average molecular weight is 997 g/mol. The molecule has 0 amide bonds. The third kappa shape index (κ3) is 82.4. The van der Waals surface area contributed by atoms with Crippen LogP contribution in [0.1, 0.15) is 290 Å². The number of rotatable bonds is 51. The van der Waals surface area contributed by atoms with Crippen LogP contribution in [0.4, 0.5) is 0 Å². The Morgan fingerprint density at radius 1 is 0.286 bits per heavy atom. The first kappa shape index (κ1) is 74.0. The summed E-state index contributed by atoms with van der Waals surface area (Å²) in [6.07, 6.45) is 63.7. The highest BCUT2D eigenvalue weighted by atomic mass is 16.4. The summed E-state index contributed by atoms with van der Waals surface area (Å²) in [7, 11) is 0. The highest BCUT2D eigenvalue weighted by molar-refractivity contribution is 5.67. The van der Waals surface area contributed by atoms with Gasteiger partial charge in [0.25, 0.3) is 0 Å². The number of allylic oxidation sites excluding steroid dienone is 6. The number of aliphatic hydroxyl groups is 3. The molecule has 416 valence electrons. The van der Waals surface area contributed by atoms with E-state index >= 15 is 0 Å². The summed E-state index contributed by atoms with van der Waals surface area (Å²) < 4.78 is 0. The predicted octanol–water partition coefficient (Wildman–Crippen LogP) is 16.6. The molecule has 10 heteroatoms. The van der Waals surface area contributed by atoms with Crippen molar-refractivity contribution in [2.24, 2.45) is 0 Å². The molecule has 0 aromatic heterocycles. The van der Waals surface area contributed by atoms with Gasteiger partial charge in [-0.25, -0.2) is 0 Å². The molecule has 6 N–H and O–H groups in total. The molecule has 0 aliphatic heterocycles. The molecule has 0 aromatic rings. The molecule has 10 nitrogen and oxygen atoms in total. The second kappa shape index (κ2) is 70.7. The summed E-state index contributed by atoms with van der Waals surface area (Å²) in [5.74, 6) is -1.99. The van der Waals surface area contributed by atoms with Crippen LogP contribution in [0.3, 0.4) is 0 Å². The van der Waals surface area contributed by atoms with E-state index < -0.39 is 17.9 Å². The SMILES string of the molecule is CCCCCCCC/C=C\CCCCCCCC(=O)O.CCCCCCCC/C=C\CCCCCCCC(=O)O.CCCCCCCC/C=C\CCCCCCCC(=O)O.OCCN(CCO)CCO. The van der Waals surface area contributed by atoms with Crippen LogP contribution in [0.25, 0.3) is 0 Å². The maximum Gasteiger partial charge on any atom is 0.303 e. The third-order valence-electron chi connectivity index (χ3n) is 12.2. The molecule has 0 heterocycles. The Bertz CT molecular complexity index is 963. The van der Waals surface area contributed by atoms with Gasteiger partial charge < -0.3 is 30.6 Å². The molecule has 0 radical (unpaired) electrons. The Morgan fingerprint density at radius 2 is 0.457 bits per heavy atom. The van der Waals surface area contributed by atoms with E-state index in [1.165, 1.54) is 212 Å². The van der Waals surface area contributed by atoms with Gasteiger partial charge in [-0.3, -0.25) is 19.3 Å². The smallest absolute Gasteiger partial charge is 0.303 e. The summed E-state index contributed by atoms with van der Waals surface area (Å²) in [6, 6.07) is 0. The normalized spacial score (nSPS) is 11.2. The minimum absolute atomic E-state index is 0.0694. The number of unbranched alkanes of at least 4 members (excludes halogenated alkanes) is 33. The van der Waals surface area contributed by atoms with Crippen molar-refractivity contribution >= 4 is 17.9 Å². The highest BCUT2D eigenvalue weighted by Gasteiger charge is 2.01. The van der Waals surface area contributed by atoms with Crippen molar-refractivity contribution in [3.63, 3.8) is 0 Å². The highest BCUT2D eigenvalue weighted by Crippen LogP contribution is 2.13.